The van der Waals surface area contributed by atoms with Crippen LogP contribution in [0.5, 0.6) is 0 Å². The van der Waals surface area contributed by atoms with E-state index in [-0.39, 0.29) is 24.1 Å². The van der Waals surface area contributed by atoms with Crippen LogP contribution in [0.3, 0.4) is 0 Å². The number of rotatable bonds is 5. The monoisotopic (exact) mass is 443 g/mol. The minimum Gasteiger partial charge on any atom is -0.442 e. The maximum absolute atomic E-state index is 13.4. The molecule has 1 N–H and O–H groups in total. The highest BCUT2D eigenvalue weighted by Gasteiger charge is 2.32. The van der Waals surface area contributed by atoms with E-state index in [1.807, 2.05) is 0 Å². The number of nitrogens with one attached hydrogen (secondary N) is 1. The van der Waals surface area contributed by atoms with Crippen LogP contribution >= 0.6 is 0 Å². The van der Waals surface area contributed by atoms with Crippen LogP contribution in [0.4, 0.5) is 19.4 Å². The van der Waals surface area contributed by atoms with Crippen molar-refractivity contribution in [3.63, 3.8) is 0 Å². The van der Waals surface area contributed by atoms with Crippen molar-refractivity contribution in [1.29, 1.82) is 0 Å². The second-order valence-corrected chi connectivity index (χ2v) is 8.70. The van der Waals surface area contributed by atoms with Crippen molar-refractivity contribution in [2.75, 3.05) is 5.32 Å². The van der Waals surface area contributed by atoms with Crippen molar-refractivity contribution in [1.82, 2.24) is 19.6 Å². The summed E-state index contributed by atoms with van der Waals surface area (Å²) in [5.74, 6) is -1.84. The highest BCUT2D eigenvalue weighted by molar-refractivity contribution is 5.91. The molecule has 1 aromatic carbocycles. The summed E-state index contributed by atoms with van der Waals surface area (Å²) >= 11 is 0. The van der Waals surface area contributed by atoms with Gasteiger partial charge in [-0.25, -0.2) is 18.3 Å². The van der Waals surface area contributed by atoms with Crippen molar-refractivity contribution in [2.24, 2.45) is 0 Å². The number of halogens is 2. The number of carbonyl (C=O) groups is 2. The minimum atomic E-state index is -0.982. The van der Waals surface area contributed by atoms with Gasteiger partial charge in [-0.05, 0) is 51.8 Å². The topological polar surface area (TPSA) is 91.0 Å². The number of hydrogen-bond donors (Lipinski definition) is 1. The fourth-order valence-corrected chi connectivity index (χ4v) is 3.16. The number of carbonyl (C=O) groups excluding carboxylic acids is 2. The van der Waals surface area contributed by atoms with Crippen molar-refractivity contribution in [2.45, 2.75) is 51.6 Å². The van der Waals surface area contributed by atoms with E-state index in [2.05, 4.69) is 15.5 Å². The van der Waals surface area contributed by atoms with Gasteiger partial charge in [0, 0.05) is 24.2 Å². The van der Waals surface area contributed by atoms with Gasteiger partial charge in [0.2, 0.25) is 5.91 Å². The molecule has 0 bridgehead atoms. The molecule has 1 aliphatic rings. The number of benzene rings is 1. The number of amides is 1. The van der Waals surface area contributed by atoms with Crippen LogP contribution in [-0.4, -0.2) is 37.2 Å². The quantitative estimate of drug-likeness (QED) is 0.639. The highest BCUT2D eigenvalue weighted by atomic mass is 19.2. The van der Waals surface area contributed by atoms with Crippen LogP contribution in [0.25, 0.3) is 5.69 Å². The third kappa shape index (κ3) is 5.01. The lowest BCUT2D eigenvalue weighted by atomic mass is 10.2. The zero-order valence-corrected chi connectivity index (χ0v) is 17.9. The van der Waals surface area contributed by atoms with Crippen LogP contribution in [0.1, 0.15) is 50.9 Å². The molecule has 0 aliphatic heterocycles. The zero-order valence-electron chi connectivity index (χ0n) is 17.9. The van der Waals surface area contributed by atoms with E-state index in [9.17, 15) is 18.4 Å². The molecule has 0 radical (unpaired) electrons. The molecule has 8 nitrogen and oxygen atoms in total. The van der Waals surface area contributed by atoms with Gasteiger partial charge in [0.05, 0.1) is 23.5 Å². The summed E-state index contributed by atoms with van der Waals surface area (Å²) in [5.41, 5.74) is 0.804. The van der Waals surface area contributed by atoms with Gasteiger partial charge in [0.25, 0.3) is 0 Å². The van der Waals surface area contributed by atoms with Crippen LogP contribution in [0, 0.1) is 11.6 Å². The lowest BCUT2D eigenvalue weighted by Crippen LogP contribution is -2.28. The van der Waals surface area contributed by atoms with Crippen molar-refractivity contribution >= 4 is 17.8 Å². The first-order valence-electron chi connectivity index (χ1n) is 10.2. The number of ether oxygens (including phenoxy) is 1. The molecule has 1 saturated carbocycles. The summed E-state index contributed by atoms with van der Waals surface area (Å²) < 4.78 is 34.5. The third-order valence-corrected chi connectivity index (χ3v) is 4.72. The molecule has 0 unspecified atom stereocenters. The second-order valence-electron chi connectivity index (χ2n) is 8.70. The molecule has 32 heavy (non-hydrogen) atoms. The third-order valence-electron chi connectivity index (χ3n) is 4.72. The van der Waals surface area contributed by atoms with Gasteiger partial charge in [-0.3, -0.25) is 4.79 Å². The maximum Gasteiger partial charge on any atom is 0.435 e. The van der Waals surface area contributed by atoms with Crippen LogP contribution in [0.15, 0.2) is 36.5 Å². The van der Waals surface area contributed by atoms with E-state index in [1.165, 1.54) is 15.4 Å². The lowest BCUT2D eigenvalue weighted by molar-refractivity contribution is -0.115. The van der Waals surface area contributed by atoms with Gasteiger partial charge in [0.15, 0.2) is 17.5 Å². The Morgan fingerprint density at radius 3 is 2.53 bits per heavy atom. The molecule has 168 valence electrons. The molecule has 0 saturated heterocycles. The second kappa shape index (κ2) is 8.18. The Morgan fingerprint density at radius 1 is 1.12 bits per heavy atom. The fraction of sp³-hybridized carbons (Fsp3) is 0.364. The Morgan fingerprint density at radius 2 is 1.88 bits per heavy atom. The molecule has 0 atom stereocenters. The standard InChI is InChI=1S/C22H23F2N5O3/c1-22(2,3)32-21(31)29-18(13-4-5-13)12-19(27-29)25-20(30)10-14-8-9-28(26-14)15-6-7-16(23)17(24)11-15/h6-9,11-13H,4-5,10H2,1-3H3,(H,25,27,30). The van der Waals surface area contributed by atoms with E-state index in [0.29, 0.717) is 17.1 Å². The van der Waals surface area contributed by atoms with E-state index >= 15 is 0 Å². The average molecular weight is 443 g/mol. The summed E-state index contributed by atoms with van der Waals surface area (Å²) in [5, 5.41) is 11.1. The Balaban J connectivity index is 1.44. The van der Waals surface area contributed by atoms with Gasteiger partial charge in [-0.15, -0.1) is 5.10 Å². The molecule has 1 aliphatic carbocycles. The zero-order chi connectivity index (χ0) is 23.0. The van der Waals surface area contributed by atoms with Crippen molar-refractivity contribution < 1.29 is 23.1 Å². The average Bonchev–Trinajstić information content (AvgIpc) is 3.29. The van der Waals surface area contributed by atoms with Crippen LogP contribution in [-0.2, 0) is 16.0 Å². The molecule has 1 fully saturated rings. The predicted octanol–water partition coefficient (Wildman–Crippen LogP) is 4.19. The van der Waals surface area contributed by atoms with Crippen LogP contribution in [0.2, 0.25) is 0 Å². The Kier molecular flexibility index (Phi) is 5.53. The van der Waals surface area contributed by atoms with Gasteiger partial charge < -0.3 is 10.1 Å². The van der Waals surface area contributed by atoms with Gasteiger partial charge in [-0.2, -0.15) is 9.78 Å². The minimum absolute atomic E-state index is 0.0608. The molecule has 3 aromatic rings. The Labute approximate surface area is 183 Å². The van der Waals surface area contributed by atoms with E-state index in [4.69, 9.17) is 4.74 Å². The van der Waals surface area contributed by atoms with Crippen LogP contribution < -0.4 is 5.32 Å². The highest BCUT2D eigenvalue weighted by Crippen LogP contribution is 2.41. The van der Waals surface area contributed by atoms with E-state index < -0.39 is 23.3 Å². The largest absolute Gasteiger partial charge is 0.442 e. The number of nitrogens with zero attached hydrogens (tertiary/aromatic N) is 4. The van der Waals surface area contributed by atoms with Gasteiger partial charge >= 0.3 is 6.09 Å². The molecule has 1 amide bonds. The molecular weight excluding hydrogens is 420 g/mol. The molecule has 0 spiro atoms. The SMILES string of the molecule is CC(C)(C)OC(=O)n1nc(NC(=O)Cc2ccn(-c3ccc(F)c(F)c3)n2)cc1C1CC1. The molecule has 2 aromatic heterocycles. The first-order valence-corrected chi connectivity index (χ1v) is 10.2. The van der Waals surface area contributed by atoms with E-state index in [0.717, 1.165) is 25.0 Å². The number of anilines is 1. The summed E-state index contributed by atoms with van der Waals surface area (Å²) in [6, 6.07) is 6.71. The van der Waals surface area contributed by atoms with Crippen molar-refractivity contribution in [3.8, 4) is 5.69 Å². The van der Waals surface area contributed by atoms with Gasteiger partial charge in [0.1, 0.15) is 5.60 Å². The lowest BCUT2D eigenvalue weighted by Gasteiger charge is -2.19. The fourth-order valence-electron chi connectivity index (χ4n) is 3.16. The number of aromatic nitrogens is 4. The predicted molar refractivity (Wildman–Crippen MR) is 112 cm³/mol. The maximum atomic E-state index is 13.4. The van der Waals surface area contributed by atoms with Crippen molar-refractivity contribution in [3.05, 3.63) is 59.6 Å². The summed E-state index contributed by atoms with van der Waals surface area (Å²) in [6.45, 7) is 5.31. The first-order chi connectivity index (χ1) is 15.1. The molecule has 10 heteroatoms. The normalized spacial score (nSPS) is 13.8. The Bertz CT molecular complexity index is 1170. The summed E-state index contributed by atoms with van der Waals surface area (Å²) in [4.78, 5) is 25.0. The Hall–Kier alpha value is -3.56. The summed E-state index contributed by atoms with van der Waals surface area (Å²) in [7, 11) is 0. The molecule has 4 rings (SSSR count). The smallest absolute Gasteiger partial charge is 0.435 e. The first kappa shape index (κ1) is 21.7. The van der Waals surface area contributed by atoms with Gasteiger partial charge in [-0.1, -0.05) is 0 Å². The number of hydrogen-bond acceptors (Lipinski definition) is 5. The molecular formula is C22H23F2N5O3. The molecule has 2 heterocycles. The van der Waals surface area contributed by atoms with E-state index in [1.54, 1.807) is 39.1 Å². The summed E-state index contributed by atoms with van der Waals surface area (Å²) in [6.07, 6.45) is 2.80.